The van der Waals surface area contributed by atoms with E-state index in [1.54, 1.807) is 10.9 Å². The molecular weight excluding hydrogens is 188 g/mol. The van der Waals surface area contributed by atoms with Gasteiger partial charge in [-0.1, -0.05) is 31.2 Å². The van der Waals surface area contributed by atoms with Crippen LogP contribution >= 0.6 is 0 Å². The molecule has 15 heavy (non-hydrogen) atoms. The first kappa shape index (κ1) is 9.77. The number of aromatic nitrogens is 2. The third-order valence-electron chi connectivity index (χ3n) is 2.40. The summed E-state index contributed by atoms with van der Waals surface area (Å²) >= 11 is 0. The summed E-state index contributed by atoms with van der Waals surface area (Å²) in [6.07, 6.45) is 4.12. The Labute approximate surface area is 89.0 Å². The molecule has 0 amide bonds. The van der Waals surface area contributed by atoms with E-state index in [-0.39, 0.29) is 5.75 Å². The monoisotopic (exact) mass is 202 g/mol. The van der Waals surface area contributed by atoms with Crippen LogP contribution in [0, 0.1) is 0 Å². The van der Waals surface area contributed by atoms with Crippen LogP contribution in [0.3, 0.4) is 0 Å². The van der Waals surface area contributed by atoms with Gasteiger partial charge in [0, 0.05) is 0 Å². The van der Waals surface area contributed by atoms with E-state index >= 15 is 0 Å². The molecule has 0 atom stereocenters. The minimum Gasteiger partial charge on any atom is -0.505 e. The van der Waals surface area contributed by atoms with Crippen LogP contribution in [0.2, 0.25) is 0 Å². The molecule has 0 radical (unpaired) electrons. The standard InChI is InChI=1S/C12H14N2O/c1-2-10-3-5-11(6-4-10)8-14-9-12(15)7-13-14/h3-7,9,15H,2,8H2,1H3. The van der Waals surface area contributed by atoms with Crippen molar-refractivity contribution >= 4 is 0 Å². The van der Waals surface area contributed by atoms with Crippen molar-refractivity contribution in [3.63, 3.8) is 0 Å². The second-order valence-corrected chi connectivity index (χ2v) is 3.57. The van der Waals surface area contributed by atoms with Crippen molar-refractivity contribution in [3.8, 4) is 5.75 Å². The summed E-state index contributed by atoms with van der Waals surface area (Å²) < 4.78 is 1.72. The predicted molar refractivity (Wildman–Crippen MR) is 58.8 cm³/mol. The highest BCUT2D eigenvalue weighted by atomic mass is 16.3. The fraction of sp³-hybridized carbons (Fsp3) is 0.250. The molecule has 3 nitrogen and oxygen atoms in total. The average Bonchev–Trinajstić information content (AvgIpc) is 2.65. The van der Waals surface area contributed by atoms with Crippen molar-refractivity contribution in [2.45, 2.75) is 19.9 Å². The Morgan fingerprint density at radius 2 is 1.87 bits per heavy atom. The summed E-state index contributed by atoms with van der Waals surface area (Å²) in [5.41, 5.74) is 2.53. The van der Waals surface area contributed by atoms with Gasteiger partial charge in [-0.2, -0.15) is 5.10 Å². The van der Waals surface area contributed by atoms with Crippen LogP contribution in [0.25, 0.3) is 0 Å². The summed E-state index contributed by atoms with van der Waals surface area (Å²) in [6, 6.07) is 8.44. The van der Waals surface area contributed by atoms with E-state index in [1.165, 1.54) is 17.3 Å². The molecule has 0 unspecified atom stereocenters. The van der Waals surface area contributed by atoms with Crippen LogP contribution in [0.1, 0.15) is 18.1 Å². The largest absolute Gasteiger partial charge is 0.505 e. The normalized spacial score (nSPS) is 10.5. The Bertz CT molecular complexity index is 431. The lowest BCUT2D eigenvalue weighted by Crippen LogP contribution is -1.99. The highest BCUT2D eigenvalue weighted by molar-refractivity contribution is 5.23. The summed E-state index contributed by atoms with van der Waals surface area (Å²) in [7, 11) is 0. The molecule has 0 aliphatic heterocycles. The number of aryl methyl sites for hydroxylation is 1. The maximum atomic E-state index is 9.13. The van der Waals surface area contributed by atoms with Gasteiger partial charge in [0.2, 0.25) is 0 Å². The van der Waals surface area contributed by atoms with Crippen molar-refractivity contribution in [1.29, 1.82) is 0 Å². The number of benzene rings is 1. The molecule has 2 rings (SSSR count). The number of hydrogen-bond donors (Lipinski definition) is 1. The summed E-state index contributed by atoms with van der Waals surface area (Å²) in [6.45, 7) is 2.84. The number of aromatic hydroxyl groups is 1. The minimum atomic E-state index is 0.208. The molecule has 1 aromatic carbocycles. The van der Waals surface area contributed by atoms with Crippen LogP contribution in [0.15, 0.2) is 36.7 Å². The lowest BCUT2D eigenvalue weighted by Gasteiger charge is -2.02. The molecule has 1 aromatic heterocycles. The zero-order chi connectivity index (χ0) is 10.7. The third kappa shape index (κ3) is 2.37. The average molecular weight is 202 g/mol. The topological polar surface area (TPSA) is 38.0 Å². The maximum absolute atomic E-state index is 9.13. The van der Waals surface area contributed by atoms with Gasteiger partial charge in [0.25, 0.3) is 0 Å². The van der Waals surface area contributed by atoms with Crippen molar-refractivity contribution in [2.24, 2.45) is 0 Å². The summed E-state index contributed by atoms with van der Waals surface area (Å²) in [5, 5.41) is 13.2. The van der Waals surface area contributed by atoms with Crippen LogP contribution < -0.4 is 0 Å². The Kier molecular flexibility index (Phi) is 2.72. The molecule has 0 saturated carbocycles. The van der Waals surface area contributed by atoms with Crippen LogP contribution in [-0.4, -0.2) is 14.9 Å². The van der Waals surface area contributed by atoms with Gasteiger partial charge in [0.1, 0.15) is 0 Å². The number of rotatable bonds is 3. The Morgan fingerprint density at radius 3 is 2.40 bits per heavy atom. The van der Waals surface area contributed by atoms with Gasteiger partial charge in [-0.15, -0.1) is 0 Å². The Hall–Kier alpha value is -1.77. The van der Waals surface area contributed by atoms with E-state index in [2.05, 4.69) is 36.3 Å². The van der Waals surface area contributed by atoms with E-state index < -0.39 is 0 Å². The van der Waals surface area contributed by atoms with Gasteiger partial charge in [-0.05, 0) is 17.5 Å². The predicted octanol–water partition coefficient (Wildman–Crippen LogP) is 2.20. The lowest BCUT2D eigenvalue weighted by molar-refractivity contribution is 0.474. The molecule has 0 aliphatic carbocycles. The second-order valence-electron chi connectivity index (χ2n) is 3.57. The smallest absolute Gasteiger partial charge is 0.153 e. The Balaban J connectivity index is 2.11. The second kappa shape index (κ2) is 4.17. The van der Waals surface area contributed by atoms with Crippen molar-refractivity contribution in [2.75, 3.05) is 0 Å². The molecule has 1 heterocycles. The van der Waals surface area contributed by atoms with E-state index in [9.17, 15) is 0 Å². The molecule has 3 heteroatoms. The van der Waals surface area contributed by atoms with Gasteiger partial charge in [0.15, 0.2) is 5.75 Å². The van der Waals surface area contributed by atoms with Crippen LogP contribution in [0.5, 0.6) is 5.75 Å². The SMILES string of the molecule is CCc1ccc(Cn2cc(O)cn2)cc1. The van der Waals surface area contributed by atoms with Crippen LogP contribution in [-0.2, 0) is 13.0 Å². The third-order valence-corrected chi connectivity index (χ3v) is 2.40. The van der Waals surface area contributed by atoms with Gasteiger partial charge in [-0.25, -0.2) is 0 Å². The Morgan fingerprint density at radius 1 is 1.20 bits per heavy atom. The fourth-order valence-corrected chi connectivity index (χ4v) is 1.51. The molecule has 0 bridgehead atoms. The zero-order valence-corrected chi connectivity index (χ0v) is 8.72. The van der Waals surface area contributed by atoms with Crippen LogP contribution in [0.4, 0.5) is 0 Å². The van der Waals surface area contributed by atoms with E-state index in [1.807, 2.05) is 0 Å². The maximum Gasteiger partial charge on any atom is 0.153 e. The van der Waals surface area contributed by atoms with E-state index in [4.69, 9.17) is 5.11 Å². The highest BCUT2D eigenvalue weighted by Gasteiger charge is 1.97. The fourth-order valence-electron chi connectivity index (χ4n) is 1.51. The molecule has 0 spiro atoms. The van der Waals surface area contributed by atoms with Gasteiger partial charge < -0.3 is 5.11 Å². The molecular formula is C12H14N2O. The first-order valence-corrected chi connectivity index (χ1v) is 5.07. The number of nitrogens with zero attached hydrogens (tertiary/aromatic N) is 2. The van der Waals surface area contributed by atoms with E-state index in [0.29, 0.717) is 6.54 Å². The molecule has 2 aromatic rings. The lowest BCUT2D eigenvalue weighted by atomic mass is 10.1. The van der Waals surface area contributed by atoms with Gasteiger partial charge in [-0.3, -0.25) is 4.68 Å². The highest BCUT2D eigenvalue weighted by Crippen LogP contribution is 2.09. The quantitative estimate of drug-likeness (QED) is 0.828. The van der Waals surface area contributed by atoms with Crippen molar-refractivity contribution in [3.05, 3.63) is 47.8 Å². The summed E-state index contributed by atoms with van der Waals surface area (Å²) in [5.74, 6) is 0.208. The molecule has 0 aliphatic rings. The number of hydrogen-bond acceptors (Lipinski definition) is 2. The zero-order valence-electron chi connectivity index (χ0n) is 8.72. The van der Waals surface area contributed by atoms with Crippen molar-refractivity contribution in [1.82, 2.24) is 9.78 Å². The molecule has 0 fully saturated rings. The molecule has 78 valence electrons. The van der Waals surface area contributed by atoms with Gasteiger partial charge in [0.05, 0.1) is 18.9 Å². The minimum absolute atomic E-state index is 0.208. The first-order chi connectivity index (χ1) is 7.28. The first-order valence-electron chi connectivity index (χ1n) is 5.07. The molecule has 0 saturated heterocycles. The van der Waals surface area contributed by atoms with Crippen molar-refractivity contribution < 1.29 is 5.11 Å². The molecule has 1 N–H and O–H groups in total. The van der Waals surface area contributed by atoms with Gasteiger partial charge >= 0.3 is 0 Å². The summed E-state index contributed by atoms with van der Waals surface area (Å²) in [4.78, 5) is 0. The van der Waals surface area contributed by atoms with E-state index in [0.717, 1.165) is 6.42 Å².